The van der Waals surface area contributed by atoms with Crippen LogP contribution in [0, 0.1) is 11.6 Å². The predicted octanol–water partition coefficient (Wildman–Crippen LogP) is 5.16. The van der Waals surface area contributed by atoms with E-state index in [1.165, 1.54) is 11.3 Å². The second-order valence-corrected chi connectivity index (χ2v) is 6.62. The van der Waals surface area contributed by atoms with Crippen molar-refractivity contribution in [1.29, 1.82) is 0 Å². The Labute approximate surface area is 118 Å². The van der Waals surface area contributed by atoms with Crippen LogP contribution in [0.3, 0.4) is 0 Å². The molecule has 2 aromatic rings. The van der Waals surface area contributed by atoms with Gasteiger partial charge in [-0.15, -0.1) is 11.3 Å². The molecule has 0 unspecified atom stereocenters. The number of halogens is 4. The second-order valence-electron chi connectivity index (χ2n) is 3.31. The van der Waals surface area contributed by atoms with E-state index in [1.807, 2.05) is 6.07 Å². The van der Waals surface area contributed by atoms with Crippen molar-refractivity contribution in [2.75, 3.05) is 5.32 Å². The minimum absolute atomic E-state index is 0.172. The zero-order chi connectivity index (χ0) is 12.4. The lowest BCUT2D eigenvalue weighted by atomic mass is 10.3. The van der Waals surface area contributed by atoms with Gasteiger partial charge in [-0.3, -0.25) is 0 Å². The predicted molar refractivity (Wildman–Crippen MR) is 73.4 cm³/mol. The number of hydrogen-bond acceptors (Lipinski definition) is 2. The highest BCUT2D eigenvalue weighted by molar-refractivity contribution is 9.13. The van der Waals surface area contributed by atoms with Gasteiger partial charge in [0.1, 0.15) is 11.6 Å². The number of nitrogens with one attached hydrogen (secondary N) is 1. The Balaban J connectivity index is 2.09. The third-order valence-corrected chi connectivity index (χ3v) is 5.33. The largest absolute Gasteiger partial charge is 0.378 e. The summed E-state index contributed by atoms with van der Waals surface area (Å²) in [6.45, 7) is 0.454. The standard InChI is InChI=1S/C11H7Br2F2NS/c12-8-4-7(17-11(8)13)5-16-10-3-6(14)1-2-9(10)15/h1-4,16H,5H2. The summed E-state index contributed by atoms with van der Waals surface area (Å²) in [5.74, 6) is -0.913. The maximum absolute atomic E-state index is 13.3. The first kappa shape index (κ1) is 13.0. The molecule has 0 bridgehead atoms. The molecule has 0 radical (unpaired) electrons. The van der Waals surface area contributed by atoms with E-state index in [2.05, 4.69) is 37.2 Å². The average molecular weight is 383 g/mol. The highest BCUT2D eigenvalue weighted by Gasteiger charge is 2.06. The molecule has 2 rings (SSSR count). The van der Waals surface area contributed by atoms with Crippen LogP contribution < -0.4 is 5.32 Å². The fraction of sp³-hybridized carbons (Fsp3) is 0.0909. The van der Waals surface area contributed by atoms with E-state index in [0.717, 1.165) is 31.3 Å². The van der Waals surface area contributed by atoms with Crippen molar-refractivity contribution in [2.45, 2.75) is 6.54 Å². The van der Waals surface area contributed by atoms with Crippen molar-refractivity contribution in [1.82, 2.24) is 0 Å². The molecule has 0 spiro atoms. The van der Waals surface area contributed by atoms with E-state index in [1.54, 1.807) is 0 Å². The Morgan fingerprint density at radius 2 is 1.94 bits per heavy atom. The first-order valence-electron chi connectivity index (χ1n) is 4.69. The van der Waals surface area contributed by atoms with Gasteiger partial charge in [0.15, 0.2) is 0 Å². The van der Waals surface area contributed by atoms with Crippen LogP contribution >= 0.6 is 43.2 Å². The SMILES string of the molecule is Fc1ccc(F)c(NCc2cc(Br)c(Br)s2)c1. The molecular formula is C11H7Br2F2NS. The van der Waals surface area contributed by atoms with Crippen LogP contribution in [-0.4, -0.2) is 0 Å². The number of thiophene rings is 1. The molecule has 0 aliphatic rings. The number of benzene rings is 1. The quantitative estimate of drug-likeness (QED) is 0.772. The lowest BCUT2D eigenvalue weighted by Crippen LogP contribution is -2.00. The van der Waals surface area contributed by atoms with E-state index in [9.17, 15) is 8.78 Å². The molecule has 17 heavy (non-hydrogen) atoms. The van der Waals surface area contributed by atoms with Crippen molar-refractivity contribution in [3.8, 4) is 0 Å². The maximum atomic E-state index is 13.3. The van der Waals surface area contributed by atoms with E-state index >= 15 is 0 Å². The molecule has 0 saturated heterocycles. The smallest absolute Gasteiger partial charge is 0.146 e. The van der Waals surface area contributed by atoms with Gasteiger partial charge >= 0.3 is 0 Å². The molecule has 1 heterocycles. The van der Waals surface area contributed by atoms with Crippen molar-refractivity contribution >= 4 is 48.9 Å². The summed E-state index contributed by atoms with van der Waals surface area (Å²) in [7, 11) is 0. The molecule has 0 atom stereocenters. The fourth-order valence-corrected chi connectivity index (χ4v) is 3.41. The lowest BCUT2D eigenvalue weighted by molar-refractivity contribution is 0.602. The molecule has 1 aromatic carbocycles. The summed E-state index contributed by atoms with van der Waals surface area (Å²) < 4.78 is 28.2. The maximum Gasteiger partial charge on any atom is 0.146 e. The molecule has 0 aliphatic heterocycles. The molecular weight excluding hydrogens is 376 g/mol. The Morgan fingerprint density at radius 3 is 2.59 bits per heavy atom. The third kappa shape index (κ3) is 3.26. The zero-order valence-electron chi connectivity index (χ0n) is 8.44. The first-order chi connectivity index (χ1) is 8.06. The summed E-state index contributed by atoms with van der Waals surface area (Å²) >= 11 is 8.28. The van der Waals surface area contributed by atoms with Gasteiger partial charge in [0.25, 0.3) is 0 Å². The van der Waals surface area contributed by atoms with E-state index in [4.69, 9.17) is 0 Å². The molecule has 1 nitrogen and oxygen atoms in total. The molecule has 90 valence electrons. The van der Waals surface area contributed by atoms with Crippen molar-refractivity contribution in [3.63, 3.8) is 0 Å². The molecule has 0 aliphatic carbocycles. The molecule has 0 saturated carbocycles. The Morgan fingerprint density at radius 1 is 1.18 bits per heavy atom. The van der Waals surface area contributed by atoms with Crippen LogP contribution in [0.1, 0.15) is 4.88 Å². The highest BCUT2D eigenvalue weighted by atomic mass is 79.9. The van der Waals surface area contributed by atoms with E-state index < -0.39 is 11.6 Å². The summed E-state index contributed by atoms with van der Waals surface area (Å²) in [6.07, 6.45) is 0. The summed E-state index contributed by atoms with van der Waals surface area (Å²) in [4.78, 5) is 1.02. The van der Waals surface area contributed by atoms with Gasteiger partial charge in [0.05, 0.1) is 9.47 Å². The van der Waals surface area contributed by atoms with Gasteiger partial charge in [0.2, 0.25) is 0 Å². The molecule has 0 fully saturated rings. The van der Waals surface area contributed by atoms with Gasteiger partial charge in [-0.2, -0.15) is 0 Å². The van der Waals surface area contributed by atoms with Gasteiger partial charge in [-0.1, -0.05) is 0 Å². The fourth-order valence-electron chi connectivity index (χ4n) is 1.29. The van der Waals surface area contributed by atoms with Gasteiger partial charge in [0, 0.05) is 15.9 Å². The van der Waals surface area contributed by atoms with Gasteiger partial charge in [-0.25, -0.2) is 8.78 Å². The van der Waals surface area contributed by atoms with Gasteiger partial charge in [-0.05, 0) is 56.1 Å². The highest BCUT2D eigenvalue weighted by Crippen LogP contribution is 2.32. The minimum atomic E-state index is -0.457. The molecule has 0 amide bonds. The first-order valence-corrected chi connectivity index (χ1v) is 7.09. The Bertz CT molecular complexity index is 523. The zero-order valence-corrected chi connectivity index (χ0v) is 12.4. The lowest BCUT2D eigenvalue weighted by Gasteiger charge is -2.05. The normalized spacial score (nSPS) is 10.6. The van der Waals surface area contributed by atoms with Crippen molar-refractivity contribution in [3.05, 3.63) is 49.0 Å². The number of rotatable bonds is 3. The topological polar surface area (TPSA) is 12.0 Å². The van der Waals surface area contributed by atoms with Crippen molar-refractivity contribution in [2.24, 2.45) is 0 Å². The molecule has 1 aromatic heterocycles. The van der Waals surface area contributed by atoms with Crippen LogP contribution in [0.4, 0.5) is 14.5 Å². The van der Waals surface area contributed by atoms with Crippen LogP contribution in [0.25, 0.3) is 0 Å². The molecule has 1 N–H and O–H groups in total. The monoisotopic (exact) mass is 381 g/mol. The number of anilines is 1. The van der Waals surface area contributed by atoms with E-state index in [0.29, 0.717) is 6.54 Å². The third-order valence-electron chi connectivity index (χ3n) is 2.08. The summed E-state index contributed by atoms with van der Waals surface area (Å²) in [6, 6.07) is 5.28. The number of hydrogen-bond donors (Lipinski definition) is 1. The van der Waals surface area contributed by atoms with Crippen LogP contribution in [-0.2, 0) is 6.54 Å². The molecule has 6 heteroatoms. The minimum Gasteiger partial charge on any atom is -0.378 e. The summed E-state index contributed by atoms with van der Waals surface area (Å²) in [5.41, 5.74) is 0.172. The van der Waals surface area contributed by atoms with E-state index in [-0.39, 0.29) is 5.69 Å². The second kappa shape index (κ2) is 5.46. The Hall–Kier alpha value is -0.460. The van der Waals surface area contributed by atoms with Gasteiger partial charge < -0.3 is 5.32 Å². The van der Waals surface area contributed by atoms with Crippen LogP contribution in [0.5, 0.6) is 0 Å². The van der Waals surface area contributed by atoms with Crippen LogP contribution in [0.15, 0.2) is 32.5 Å². The summed E-state index contributed by atoms with van der Waals surface area (Å²) in [5, 5.41) is 2.86. The Kier molecular flexibility index (Phi) is 4.17. The average Bonchev–Trinajstić information content (AvgIpc) is 2.60. The van der Waals surface area contributed by atoms with Crippen molar-refractivity contribution < 1.29 is 8.78 Å². The van der Waals surface area contributed by atoms with Crippen LogP contribution in [0.2, 0.25) is 0 Å².